The third kappa shape index (κ3) is 5.40. The van der Waals surface area contributed by atoms with Gasteiger partial charge in [0.15, 0.2) is 11.0 Å². The van der Waals surface area contributed by atoms with Gasteiger partial charge in [-0.2, -0.15) is 13.2 Å². The molecule has 0 radical (unpaired) electrons. The minimum atomic E-state index is -4.51. The number of nitrogens with one attached hydrogen (secondary N) is 1. The Kier molecular flexibility index (Phi) is 6.96. The Balaban J connectivity index is 2.12. The normalized spacial score (nSPS) is 12.8. The maximum Gasteiger partial charge on any atom is 0.416 e. The monoisotopic (exact) mass is 468 g/mol. The van der Waals surface area contributed by atoms with Gasteiger partial charge in [0.05, 0.1) is 21.5 Å². The van der Waals surface area contributed by atoms with Crippen molar-refractivity contribution in [3.05, 3.63) is 59.1 Å². The third-order valence-corrected chi connectivity index (χ3v) is 5.63. The van der Waals surface area contributed by atoms with Crippen LogP contribution in [-0.2, 0) is 11.0 Å². The minimum absolute atomic E-state index is 0.0458. The standard InChI is InChI=1S/C21H20ClF3N4OS/c1-12(2)26-19(30)13(3)31-20-28-27-18(16-9-4-5-10-17(16)22)29(20)15-8-6-7-14(11-15)21(23,24)25/h4-13H,1-3H3,(H,26,30). The summed E-state index contributed by atoms with van der Waals surface area (Å²) in [6.45, 7) is 5.38. The summed E-state index contributed by atoms with van der Waals surface area (Å²) in [7, 11) is 0. The Labute approximate surface area is 187 Å². The van der Waals surface area contributed by atoms with E-state index in [4.69, 9.17) is 11.6 Å². The average molecular weight is 469 g/mol. The van der Waals surface area contributed by atoms with Crippen LogP contribution < -0.4 is 5.32 Å². The number of amides is 1. The lowest BCUT2D eigenvalue weighted by Crippen LogP contribution is -2.36. The van der Waals surface area contributed by atoms with Crippen LogP contribution in [0.15, 0.2) is 53.7 Å². The fraction of sp³-hybridized carbons (Fsp3) is 0.286. The molecule has 1 N–H and O–H groups in total. The van der Waals surface area contributed by atoms with Crippen LogP contribution in [0.4, 0.5) is 13.2 Å². The van der Waals surface area contributed by atoms with Gasteiger partial charge in [-0.05, 0) is 51.1 Å². The fourth-order valence-corrected chi connectivity index (χ4v) is 3.93. The van der Waals surface area contributed by atoms with E-state index in [-0.39, 0.29) is 28.6 Å². The molecule has 3 rings (SSSR count). The van der Waals surface area contributed by atoms with E-state index in [0.29, 0.717) is 10.6 Å². The second-order valence-electron chi connectivity index (χ2n) is 7.09. The van der Waals surface area contributed by atoms with Crippen LogP contribution in [-0.4, -0.2) is 32.0 Å². The van der Waals surface area contributed by atoms with Crippen molar-refractivity contribution in [3.8, 4) is 17.1 Å². The summed E-state index contributed by atoms with van der Waals surface area (Å²) in [6.07, 6.45) is -4.51. The first-order valence-electron chi connectivity index (χ1n) is 9.43. The van der Waals surface area contributed by atoms with Crippen LogP contribution in [0.3, 0.4) is 0 Å². The fourth-order valence-electron chi connectivity index (χ4n) is 2.83. The molecule has 3 aromatic rings. The topological polar surface area (TPSA) is 59.8 Å². The number of benzene rings is 2. The van der Waals surface area contributed by atoms with E-state index >= 15 is 0 Å². The first kappa shape index (κ1) is 23.1. The molecule has 1 atom stereocenters. The van der Waals surface area contributed by atoms with Gasteiger partial charge >= 0.3 is 6.18 Å². The molecule has 1 amide bonds. The molecule has 2 aromatic carbocycles. The molecule has 164 valence electrons. The maximum absolute atomic E-state index is 13.3. The van der Waals surface area contributed by atoms with E-state index in [9.17, 15) is 18.0 Å². The van der Waals surface area contributed by atoms with Crippen LogP contribution in [0.25, 0.3) is 17.1 Å². The second kappa shape index (κ2) is 9.32. The van der Waals surface area contributed by atoms with Crippen LogP contribution in [0, 0.1) is 0 Å². The quantitative estimate of drug-likeness (QED) is 0.477. The molecule has 5 nitrogen and oxygen atoms in total. The Hall–Kier alpha value is -2.52. The molecule has 0 saturated heterocycles. The predicted molar refractivity (Wildman–Crippen MR) is 115 cm³/mol. The molecule has 31 heavy (non-hydrogen) atoms. The highest BCUT2D eigenvalue weighted by Crippen LogP contribution is 2.35. The molecular formula is C21H20ClF3N4OS. The van der Waals surface area contributed by atoms with Crippen molar-refractivity contribution in [2.45, 2.75) is 43.4 Å². The summed E-state index contributed by atoms with van der Waals surface area (Å²) < 4.78 is 41.4. The van der Waals surface area contributed by atoms with Gasteiger partial charge in [0.2, 0.25) is 5.91 Å². The van der Waals surface area contributed by atoms with Crippen molar-refractivity contribution in [2.24, 2.45) is 0 Å². The number of halogens is 4. The highest BCUT2D eigenvalue weighted by Gasteiger charge is 2.31. The number of hydrogen-bond donors (Lipinski definition) is 1. The highest BCUT2D eigenvalue weighted by molar-refractivity contribution is 8.00. The molecule has 1 unspecified atom stereocenters. The van der Waals surface area contributed by atoms with Crippen molar-refractivity contribution < 1.29 is 18.0 Å². The lowest BCUT2D eigenvalue weighted by molar-refractivity contribution is -0.137. The van der Waals surface area contributed by atoms with Crippen LogP contribution >= 0.6 is 23.4 Å². The zero-order chi connectivity index (χ0) is 22.8. The van der Waals surface area contributed by atoms with E-state index in [1.807, 2.05) is 13.8 Å². The van der Waals surface area contributed by atoms with Gasteiger partial charge in [-0.3, -0.25) is 9.36 Å². The third-order valence-electron chi connectivity index (χ3n) is 4.26. The van der Waals surface area contributed by atoms with E-state index in [0.717, 1.165) is 23.9 Å². The Morgan fingerprint density at radius 2 is 1.81 bits per heavy atom. The van der Waals surface area contributed by atoms with Gasteiger partial charge in [-0.25, -0.2) is 0 Å². The van der Waals surface area contributed by atoms with E-state index in [1.165, 1.54) is 16.7 Å². The Morgan fingerprint density at radius 1 is 1.10 bits per heavy atom. The molecule has 10 heteroatoms. The van der Waals surface area contributed by atoms with Gasteiger partial charge in [0.1, 0.15) is 0 Å². The van der Waals surface area contributed by atoms with Crippen molar-refractivity contribution in [1.82, 2.24) is 20.1 Å². The van der Waals surface area contributed by atoms with Gasteiger partial charge in [0.25, 0.3) is 0 Å². The lowest BCUT2D eigenvalue weighted by Gasteiger charge is -2.16. The molecule has 0 saturated carbocycles. The molecule has 0 aliphatic rings. The predicted octanol–water partition coefficient (Wildman–Crippen LogP) is 5.61. The lowest BCUT2D eigenvalue weighted by atomic mass is 10.1. The van der Waals surface area contributed by atoms with Gasteiger partial charge in [0, 0.05) is 11.6 Å². The second-order valence-corrected chi connectivity index (χ2v) is 8.81. The maximum atomic E-state index is 13.3. The first-order valence-corrected chi connectivity index (χ1v) is 10.7. The molecule has 1 aromatic heterocycles. The van der Waals surface area contributed by atoms with Crippen LogP contribution in [0.5, 0.6) is 0 Å². The first-order chi connectivity index (χ1) is 14.6. The SMILES string of the molecule is CC(C)NC(=O)C(C)Sc1nnc(-c2ccccc2Cl)n1-c1cccc(C(F)(F)F)c1. The van der Waals surface area contributed by atoms with E-state index < -0.39 is 17.0 Å². The highest BCUT2D eigenvalue weighted by atomic mass is 35.5. The number of carbonyl (C=O) groups excluding carboxylic acids is 1. The summed E-state index contributed by atoms with van der Waals surface area (Å²) in [4.78, 5) is 12.4. The zero-order valence-electron chi connectivity index (χ0n) is 16.9. The summed E-state index contributed by atoms with van der Waals surface area (Å²) in [5.74, 6) is 0.0711. The van der Waals surface area contributed by atoms with Gasteiger partial charge in [-0.15, -0.1) is 10.2 Å². The Bertz CT molecular complexity index is 1080. The zero-order valence-corrected chi connectivity index (χ0v) is 18.5. The minimum Gasteiger partial charge on any atom is -0.353 e. The molecule has 1 heterocycles. The van der Waals surface area contributed by atoms with Crippen molar-refractivity contribution >= 4 is 29.3 Å². The average Bonchev–Trinajstić information content (AvgIpc) is 3.10. The molecule has 0 aliphatic carbocycles. The number of rotatable bonds is 6. The number of aromatic nitrogens is 3. The van der Waals surface area contributed by atoms with E-state index in [2.05, 4.69) is 15.5 Å². The van der Waals surface area contributed by atoms with Crippen LogP contribution in [0.1, 0.15) is 26.3 Å². The Morgan fingerprint density at radius 3 is 2.45 bits per heavy atom. The van der Waals surface area contributed by atoms with Crippen molar-refractivity contribution in [1.29, 1.82) is 0 Å². The number of hydrogen-bond acceptors (Lipinski definition) is 4. The smallest absolute Gasteiger partial charge is 0.353 e. The van der Waals surface area contributed by atoms with Crippen molar-refractivity contribution in [3.63, 3.8) is 0 Å². The number of thioether (sulfide) groups is 1. The molecule has 0 fully saturated rings. The van der Waals surface area contributed by atoms with Gasteiger partial charge in [-0.1, -0.05) is 41.6 Å². The summed E-state index contributed by atoms with van der Waals surface area (Å²) in [6, 6.07) is 11.7. The molecule has 0 bridgehead atoms. The summed E-state index contributed by atoms with van der Waals surface area (Å²) >= 11 is 7.42. The van der Waals surface area contributed by atoms with Crippen molar-refractivity contribution in [2.75, 3.05) is 0 Å². The van der Waals surface area contributed by atoms with Gasteiger partial charge < -0.3 is 5.32 Å². The largest absolute Gasteiger partial charge is 0.416 e. The molecule has 0 aliphatic heterocycles. The molecular weight excluding hydrogens is 449 g/mol. The molecule has 0 spiro atoms. The summed E-state index contributed by atoms with van der Waals surface area (Å²) in [5, 5.41) is 11.3. The number of carbonyl (C=O) groups is 1. The number of nitrogens with zero attached hydrogens (tertiary/aromatic N) is 3. The summed E-state index contributed by atoms with van der Waals surface area (Å²) in [5.41, 5.74) is -0.0701. The van der Waals surface area contributed by atoms with Crippen LogP contribution in [0.2, 0.25) is 5.02 Å². The number of alkyl halides is 3. The van der Waals surface area contributed by atoms with E-state index in [1.54, 1.807) is 31.2 Å².